The third kappa shape index (κ3) is 1.78. The van der Waals surface area contributed by atoms with Gasteiger partial charge in [0.05, 0.1) is 5.75 Å². The van der Waals surface area contributed by atoms with Crippen LogP contribution in [0.3, 0.4) is 0 Å². The van der Waals surface area contributed by atoms with Crippen molar-refractivity contribution in [3.63, 3.8) is 0 Å². The zero-order valence-corrected chi connectivity index (χ0v) is 7.15. The molecule has 1 aliphatic heterocycles. The second kappa shape index (κ2) is 2.91. The topological polar surface area (TPSA) is 63.2 Å². The highest BCUT2D eigenvalue weighted by molar-refractivity contribution is 8.06. The standard InChI is InChI=1S/C6H11NO3S/c1-5-4-7-2-3-11(9,10)6(5)8/h5,7H,2-4H2,1H3. The van der Waals surface area contributed by atoms with E-state index in [1.807, 2.05) is 0 Å². The summed E-state index contributed by atoms with van der Waals surface area (Å²) in [5.74, 6) is -0.460. The van der Waals surface area contributed by atoms with E-state index in [1.54, 1.807) is 6.92 Å². The maximum Gasteiger partial charge on any atom is 0.250 e. The Hall–Kier alpha value is -0.420. The maximum atomic E-state index is 11.0. The molecule has 5 heteroatoms. The van der Waals surface area contributed by atoms with Crippen molar-refractivity contribution in [3.8, 4) is 0 Å². The second-order valence-corrected chi connectivity index (χ2v) is 4.78. The minimum Gasteiger partial charge on any atom is -0.315 e. The molecule has 0 bridgehead atoms. The molecule has 1 saturated heterocycles. The molecule has 0 aliphatic carbocycles. The third-order valence-corrected chi connectivity index (χ3v) is 3.46. The first-order valence-corrected chi connectivity index (χ1v) is 5.16. The Bertz CT molecular complexity index is 257. The predicted octanol–water partition coefficient (Wildman–Crippen LogP) is -0.833. The van der Waals surface area contributed by atoms with E-state index >= 15 is 0 Å². The fourth-order valence-corrected chi connectivity index (χ4v) is 2.33. The summed E-state index contributed by atoms with van der Waals surface area (Å²) in [7, 11) is -3.45. The van der Waals surface area contributed by atoms with Crippen molar-refractivity contribution < 1.29 is 13.2 Å². The van der Waals surface area contributed by atoms with Crippen LogP contribution in [0.15, 0.2) is 0 Å². The maximum absolute atomic E-state index is 11.0. The van der Waals surface area contributed by atoms with Crippen LogP contribution < -0.4 is 5.32 Å². The molecule has 0 aromatic heterocycles. The van der Waals surface area contributed by atoms with Crippen LogP contribution in [-0.2, 0) is 14.6 Å². The first kappa shape index (κ1) is 8.67. The smallest absolute Gasteiger partial charge is 0.250 e. The molecule has 0 spiro atoms. The van der Waals surface area contributed by atoms with Crippen LogP contribution in [0.2, 0.25) is 0 Å². The third-order valence-electron chi connectivity index (χ3n) is 1.71. The summed E-state index contributed by atoms with van der Waals surface area (Å²) in [6.07, 6.45) is 0. The fraction of sp³-hybridized carbons (Fsp3) is 0.833. The monoisotopic (exact) mass is 177 g/mol. The van der Waals surface area contributed by atoms with Crippen molar-refractivity contribution in [2.24, 2.45) is 5.92 Å². The molecule has 1 heterocycles. The van der Waals surface area contributed by atoms with E-state index in [0.717, 1.165) is 0 Å². The van der Waals surface area contributed by atoms with Crippen molar-refractivity contribution >= 4 is 15.0 Å². The first-order valence-electron chi connectivity index (χ1n) is 3.51. The van der Waals surface area contributed by atoms with Crippen molar-refractivity contribution in [1.82, 2.24) is 5.32 Å². The van der Waals surface area contributed by atoms with Gasteiger partial charge in [-0.05, 0) is 0 Å². The van der Waals surface area contributed by atoms with E-state index in [1.165, 1.54) is 0 Å². The molecule has 0 aromatic carbocycles. The molecule has 1 rings (SSSR count). The Morgan fingerprint density at radius 3 is 2.82 bits per heavy atom. The van der Waals surface area contributed by atoms with Crippen LogP contribution in [-0.4, -0.2) is 32.4 Å². The molecule has 64 valence electrons. The van der Waals surface area contributed by atoms with Crippen molar-refractivity contribution in [1.29, 1.82) is 0 Å². The Labute approximate surface area is 65.9 Å². The average Bonchev–Trinajstić information content (AvgIpc) is 2.03. The molecule has 0 saturated carbocycles. The van der Waals surface area contributed by atoms with Gasteiger partial charge in [-0.2, -0.15) is 0 Å². The van der Waals surface area contributed by atoms with Crippen LogP contribution in [0, 0.1) is 5.92 Å². The normalized spacial score (nSPS) is 31.4. The highest BCUT2D eigenvalue weighted by Gasteiger charge is 2.29. The Balaban J connectivity index is 2.91. The van der Waals surface area contributed by atoms with Gasteiger partial charge in [0.15, 0.2) is 0 Å². The van der Waals surface area contributed by atoms with Gasteiger partial charge in [-0.15, -0.1) is 0 Å². The summed E-state index contributed by atoms with van der Waals surface area (Å²) in [6.45, 7) is 2.48. The number of carbonyl (C=O) groups excluding carboxylic acids is 1. The van der Waals surface area contributed by atoms with Crippen molar-refractivity contribution in [3.05, 3.63) is 0 Å². The first-order chi connectivity index (χ1) is 5.04. The molecule has 1 atom stereocenters. The molecule has 4 nitrogen and oxygen atoms in total. The zero-order chi connectivity index (χ0) is 8.48. The highest BCUT2D eigenvalue weighted by Crippen LogP contribution is 2.06. The van der Waals surface area contributed by atoms with Crippen molar-refractivity contribution in [2.45, 2.75) is 6.92 Å². The molecule has 0 radical (unpaired) electrons. The molecule has 1 unspecified atom stereocenters. The lowest BCUT2D eigenvalue weighted by Gasteiger charge is -2.02. The largest absolute Gasteiger partial charge is 0.315 e. The summed E-state index contributed by atoms with van der Waals surface area (Å²) in [4.78, 5) is 11.0. The van der Waals surface area contributed by atoms with E-state index in [0.29, 0.717) is 13.1 Å². The van der Waals surface area contributed by atoms with Gasteiger partial charge in [0.1, 0.15) is 0 Å². The summed E-state index contributed by atoms with van der Waals surface area (Å²) < 4.78 is 22.0. The van der Waals surface area contributed by atoms with E-state index in [4.69, 9.17) is 0 Å². The highest BCUT2D eigenvalue weighted by atomic mass is 32.2. The quantitative estimate of drug-likeness (QED) is 0.524. The molecule has 0 amide bonds. The van der Waals surface area contributed by atoms with Crippen LogP contribution in [0.5, 0.6) is 0 Å². The molecule has 11 heavy (non-hydrogen) atoms. The van der Waals surface area contributed by atoms with Gasteiger partial charge in [0.2, 0.25) is 15.0 Å². The number of rotatable bonds is 0. The molecule has 1 aliphatic rings. The lowest BCUT2D eigenvalue weighted by atomic mass is 10.2. The second-order valence-electron chi connectivity index (χ2n) is 2.74. The Morgan fingerprint density at radius 1 is 1.55 bits per heavy atom. The van der Waals surface area contributed by atoms with Crippen LogP contribution in [0.25, 0.3) is 0 Å². The number of nitrogens with one attached hydrogen (secondary N) is 1. The van der Waals surface area contributed by atoms with Crippen LogP contribution in [0.4, 0.5) is 0 Å². The average molecular weight is 177 g/mol. The predicted molar refractivity (Wildman–Crippen MR) is 40.8 cm³/mol. The summed E-state index contributed by atoms with van der Waals surface area (Å²) in [5.41, 5.74) is 0. The molecule has 1 fully saturated rings. The van der Waals surface area contributed by atoms with Crippen LogP contribution >= 0.6 is 0 Å². The zero-order valence-electron chi connectivity index (χ0n) is 6.33. The molecule has 0 aromatic rings. The van der Waals surface area contributed by atoms with Crippen molar-refractivity contribution in [2.75, 3.05) is 18.8 Å². The Morgan fingerprint density at radius 2 is 2.18 bits per heavy atom. The number of hydrogen-bond donors (Lipinski definition) is 1. The van der Waals surface area contributed by atoms with Crippen LogP contribution in [0.1, 0.15) is 6.92 Å². The summed E-state index contributed by atoms with van der Waals surface area (Å²) >= 11 is 0. The number of hydrogen-bond acceptors (Lipinski definition) is 4. The molecule has 1 N–H and O–H groups in total. The van der Waals surface area contributed by atoms with E-state index in [2.05, 4.69) is 5.32 Å². The van der Waals surface area contributed by atoms with Gasteiger partial charge in [-0.25, -0.2) is 8.42 Å². The number of carbonyl (C=O) groups is 1. The summed E-state index contributed by atoms with van der Waals surface area (Å²) in [6, 6.07) is 0. The SMILES string of the molecule is CC1CNCCS(=O)(=O)C1=O. The van der Waals surface area contributed by atoms with Gasteiger partial charge in [0, 0.05) is 19.0 Å². The lowest BCUT2D eigenvalue weighted by molar-refractivity contribution is -0.114. The van der Waals surface area contributed by atoms with E-state index in [9.17, 15) is 13.2 Å². The fourth-order valence-electron chi connectivity index (χ4n) is 1.02. The minimum absolute atomic E-state index is 0.0594. The lowest BCUT2D eigenvalue weighted by Crippen LogP contribution is -2.24. The van der Waals surface area contributed by atoms with Gasteiger partial charge >= 0.3 is 0 Å². The van der Waals surface area contributed by atoms with Gasteiger partial charge in [-0.1, -0.05) is 6.92 Å². The van der Waals surface area contributed by atoms with E-state index < -0.39 is 20.9 Å². The van der Waals surface area contributed by atoms with Gasteiger partial charge in [0.25, 0.3) is 0 Å². The van der Waals surface area contributed by atoms with E-state index in [-0.39, 0.29) is 5.75 Å². The minimum atomic E-state index is -3.45. The Kier molecular flexibility index (Phi) is 2.29. The summed E-state index contributed by atoms with van der Waals surface area (Å²) in [5, 5.41) is 2.26. The molecular weight excluding hydrogens is 166 g/mol. The van der Waals surface area contributed by atoms with Gasteiger partial charge < -0.3 is 5.32 Å². The molecular formula is C6H11NO3S. The number of sulfone groups is 1. The van der Waals surface area contributed by atoms with Gasteiger partial charge in [-0.3, -0.25) is 4.79 Å².